The van der Waals surface area contributed by atoms with E-state index in [9.17, 15) is 4.39 Å². The molecule has 0 aromatic heterocycles. The van der Waals surface area contributed by atoms with E-state index in [4.69, 9.17) is 20.4 Å². The summed E-state index contributed by atoms with van der Waals surface area (Å²) >= 11 is 0. The predicted octanol–water partition coefficient (Wildman–Crippen LogP) is -2.24. The Bertz CT molecular complexity index is 150. The van der Waals surface area contributed by atoms with Crippen LogP contribution in [0, 0.1) is 0 Å². The van der Waals surface area contributed by atoms with E-state index in [-0.39, 0.29) is 0 Å². The lowest BCUT2D eigenvalue weighted by atomic mass is 10.00. The van der Waals surface area contributed by atoms with Gasteiger partial charge in [0.1, 0.15) is 24.4 Å². The van der Waals surface area contributed by atoms with E-state index in [1.165, 1.54) is 0 Å². The molecule has 1 aliphatic heterocycles. The number of halogens is 1. The molecule has 0 aromatic rings. The van der Waals surface area contributed by atoms with Gasteiger partial charge in [0.25, 0.3) is 0 Å². The molecular weight excluding hydrogens is 171 g/mol. The highest BCUT2D eigenvalue weighted by Gasteiger charge is 2.43. The van der Waals surface area contributed by atoms with Gasteiger partial charge in [-0.1, -0.05) is 0 Å². The van der Waals surface area contributed by atoms with Crippen LogP contribution in [0.5, 0.6) is 0 Å². The van der Waals surface area contributed by atoms with Crippen LogP contribution in [-0.2, 0) is 4.74 Å². The Balaban J connectivity index is 2.63. The molecule has 72 valence electrons. The maximum Gasteiger partial charge on any atom is 0.228 e. The van der Waals surface area contributed by atoms with Crippen LogP contribution in [0.4, 0.5) is 4.39 Å². The van der Waals surface area contributed by atoms with Gasteiger partial charge < -0.3 is 25.2 Å². The topological polar surface area (TPSA) is 90.2 Å². The van der Waals surface area contributed by atoms with E-state index in [0.29, 0.717) is 0 Å². The normalized spacial score (nSPS) is 49.2. The van der Waals surface area contributed by atoms with Gasteiger partial charge in [-0.2, -0.15) is 0 Å². The number of hydrogen-bond acceptors (Lipinski definition) is 5. The van der Waals surface area contributed by atoms with Crippen LogP contribution in [0.25, 0.3) is 0 Å². The van der Waals surface area contributed by atoms with Gasteiger partial charge >= 0.3 is 0 Å². The highest BCUT2D eigenvalue weighted by Crippen LogP contribution is 2.21. The summed E-state index contributed by atoms with van der Waals surface area (Å²) in [7, 11) is 0. The Labute approximate surface area is 68.0 Å². The number of hydrogen-bond donors (Lipinski definition) is 4. The summed E-state index contributed by atoms with van der Waals surface area (Å²) in [4.78, 5) is 0. The molecular formula is C6H11FO5. The first-order chi connectivity index (χ1) is 5.57. The SMILES string of the molecule is OC[C@H]1O[C@H](F)[C@H](O)[C@@H](O)[C@@H]1O. The smallest absolute Gasteiger partial charge is 0.228 e. The summed E-state index contributed by atoms with van der Waals surface area (Å²) in [5, 5.41) is 35.4. The maximum absolute atomic E-state index is 12.6. The van der Waals surface area contributed by atoms with Crippen molar-refractivity contribution in [3.05, 3.63) is 0 Å². The van der Waals surface area contributed by atoms with Crippen molar-refractivity contribution in [2.75, 3.05) is 6.61 Å². The van der Waals surface area contributed by atoms with E-state index < -0.39 is 37.4 Å². The molecule has 0 bridgehead atoms. The van der Waals surface area contributed by atoms with E-state index in [0.717, 1.165) is 0 Å². The zero-order valence-electron chi connectivity index (χ0n) is 6.17. The molecule has 1 rings (SSSR count). The highest BCUT2D eigenvalue weighted by molar-refractivity contribution is 4.88. The van der Waals surface area contributed by atoms with Crippen LogP contribution in [0.1, 0.15) is 0 Å². The van der Waals surface area contributed by atoms with Gasteiger partial charge in [0, 0.05) is 0 Å². The third-order valence-electron chi connectivity index (χ3n) is 1.83. The molecule has 4 N–H and O–H groups in total. The fraction of sp³-hybridized carbons (Fsp3) is 1.00. The zero-order valence-corrected chi connectivity index (χ0v) is 6.17. The van der Waals surface area contributed by atoms with Gasteiger partial charge in [0.05, 0.1) is 6.61 Å². The molecule has 0 amide bonds. The average Bonchev–Trinajstić information content (AvgIpc) is 2.08. The summed E-state index contributed by atoms with van der Waals surface area (Å²) in [5.41, 5.74) is 0. The lowest BCUT2D eigenvalue weighted by Crippen LogP contribution is -2.57. The van der Waals surface area contributed by atoms with Crippen LogP contribution in [-0.4, -0.2) is 57.8 Å². The number of aliphatic hydroxyl groups excluding tert-OH is 4. The zero-order chi connectivity index (χ0) is 9.30. The van der Waals surface area contributed by atoms with E-state index in [1.54, 1.807) is 0 Å². The van der Waals surface area contributed by atoms with Gasteiger partial charge in [0.2, 0.25) is 6.36 Å². The van der Waals surface area contributed by atoms with Gasteiger partial charge in [-0.15, -0.1) is 0 Å². The van der Waals surface area contributed by atoms with Crippen LogP contribution in [0.15, 0.2) is 0 Å². The second kappa shape index (κ2) is 3.63. The molecule has 1 heterocycles. The lowest BCUT2D eigenvalue weighted by molar-refractivity contribution is -0.262. The summed E-state index contributed by atoms with van der Waals surface area (Å²) in [5.74, 6) is 0. The van der Waals surface area contributed by atoms with Gasteiger partial charge in [-0.3, -0.25) is 0 Å². The summed E-state index contributed by atoms with van der Waals surface area (Å²) in [6.07, 6.45) is -8.09. The van der Waals surface area contributed by atoms with Crippen molar-refractivity contribution in [1.82, 2.24) is 0 Å². The van der Waals surface area contributed by atoms with Crippen molar-refractivity contribution in [2.45, 2.75) is 30.8 Å². The molecule has 0 radical (unpaired) electrons. The van der Waals surface area contributed by atoms with Crippen molar-refractivity contribution < 1.29 is 29.6 Å². The summed E-state index contributed by atoms with van der Waals surface area (Å²) in [6, 6.07) is 0. The minimum atomic E-state index is -2.07. The van der Waals surface area contributed by atoms with Gasteiger partial charge in [-0.05, 0) is 0 Å². The second-order valence-electron chi connectivity index (χ2n) is 2.68. The molecule has 1 aliphatic rings. The maximum atomic E-state index is 12.6. The monoisotopic (exact) mass is 182 g/mol. The van der Waals surface area contributed by atoms with Gasteiger partial charge in [0.15, 0.2) is 0 Å². The Morgan fingerprint density at radius 2 is 1.67 bits per heavy atom. The van der Waals surface area contributed by atoms with Crippen LogP contribution in [0.3, 0.4) is 0 Å². The lowest BCUT2D eigenvalue weighted by Gasteiger charge is -2.36. The minimum Gasteiger partial charge on any atom is -0.394 e. The Kier molecular flexibility index (Phi) is 2.97. The molecule has 1 fully saturated rings. The fourth-order valence-electron chi connectivity index (χ4n) is 1.06. The molecule has 12 heavy (non-hydrogen) atoms. The first-order valence-corrected chi connectivity index (χ1v) is 3.52. The Morgan fingerprint density at radius 3 is 2.17 bits per heavy atom. The third kappa shape index (κ3) is 1.57. The molecule has 5 atom stereocenters. The molecule has 6 heteroatoms. The van der Waals surface area contributed by atoms with Crippen molar-refractivity contribution >= 4 is 0 Å². The summed E-state index contributed by atoms with van der Waals surface area (Å²) < 4.78 is 16.9. The van der Waals surface area contributed by atoms with Crippen molar-refractivity contribution in [3.8, 4) is 0 Å². The van der Waals surface area contributed by atoms with E-state index in [1.807, 2.05) is 0 Å². The van der Waals surface area contributed by atoms with Gasteiger partial charge in [-0.25, -0.2) is 4.39 Å². The second-order valence-corrected chi connectivity index (χ2v) is 2.68. The molecule has 5 nitrogen and oxygen atoms in total. The first kappa shape index (κ1) is 9.82. The predicted molar refractivity (Wildman–Crippen MR) is 34.9 cm³/mol. The molecule has 0 aliphatic carbocycles. The largest absolute Gasteiger partial charge is 0.394 e. The fourth-order valence-corrected chi connectivity index (χ4v) is 1.06. The van der Waals surface area contributed by atoms with Crippen molar-refractivity contribution in [3.63, 3.8) is 0 Å². The van der Waals surface area contributed by atoms with E-state index in [2.05, 4.69) is 4.74 Å². The van der Waals surface area contributed by atoms with Crippen molar-refractivity contribution in [2.24, 2.45) is 0 Å². The standard InChI is InChI=1S/C6H11FO5/c7-6-5(11)4(10)3(9)2(1-8)12-6/h2-6,8-11H,1H2/t2-,3-,4+,5-,6+/m1/s1. The highest BCUT2D eigenvalue weighted by atomic mass is 19.1. The molecule has 1 saturated heterocycles. The third-order valence-corrected chi connectivity index (χ3v) is 1.83. The Morgan fingerprint density at radius 1 is 1.08 bits per heavy atom. The van der Waals surface area contributed by atoms with Crippen LogP contribution < -0.4 is 0 Å². The van der Waals surface area contributed by atoms with Crippen LogP contribution in [0.2, 0.25) is 0 Å². The molecule has 0 unspecified atom stereocenters. The minimum absolute atomic E-state index is 0.606. The van der Waals surface area contributed by atoms with E-state index >= 15 is 0 Å². The number of rotatable bonds is 1. The summed E-state index contributed by atoms with van der Waals surface area (Å²) in [6.45, 7) is -0.606. The molecule has 0 spiro atoms. The van der Waals surface area contributed by atoms with Crippen molar-refractivity contribution in [1.29, 1.82) is 0 Å². The number of ether oxygens (including phenoxy) is 1. The molecule has 0 saturated carbocycles. The van der Waals surface area contributed by atoms with Crippen LogP contribution >= 0.6 is 0 Å². The first-order valence-electron chi connectivity index (χ1n) is 3.52. The molecule has 0 aromatic carbocycles. The Hall–Kier alpha value is -0.270. The quantitative estimate of drug-likeness (QED) is 0.368. The number of aliphatic hydroxyl groups is 4. The number of alkyl halides is 1. The average molecular weight is 182 g/mol.